The number of anilines is 11. The molecule has 1 atom stereocenters. The van der Waals surface area contributed by atoms with Crippen molar-refractivity contribution in [2.75, 3.05) is 56.1 Å². The summed E-state index contributed by atoms with van der Waals surface area (Å²) in [6.07, 6.45) is 1.13. The zero-order valence-electron chi connectivity index (χ0n) is 50.6. The largest absolute Gasteiger partial charge is 0.398 e. The van der Waals surface area contributed by atoms with E-state index >= 15 is 0 Å². The number of rotatable bonds is 22. The van der Waals surface area contributed by atoms with Crippen LogP contribution in [0.25, 0.3) is 0 Å². The number of azo groups is 1. The van der Waals surface area contributed by atoms with Gasteiger partial charge < -0.3 is 43.8 Å². The Balaban J connectivity index is 1.03. The summed E-state index contributed by atoms with van der Waals surface area (Å²) in [5.41, 5.74) is 9.52. The highest BCUT2D eigenvalue weighted by Crippen LogP contribution is 2.44. The maximum Gasteiger partial charge on any atom is 0.397 e. The molecule has 0 bridgehead atoms. The summed E-state index contributed by atoms with van der Waals surface area (Å²) in [5.74, 6) is -7.04. The number of allylic oxidation sites excluding steroid dienone is 2. The van der Waals surface area contributed by atoms with Gasteiger partial charge in [0.2, 0.25) is 17.8 Å². The number of fused-ring (bicyclic) bond motifs is 4. The van der Waals surface area contributed by atoms with Gasteiger partial charge in [0, 0.05) is 40.1 Å². The number of nitrogen functional groups attached to an aromatic ring is 3. The molecule has 0 spiro atoms. The molecule has 1 aromatic heterocycles. The third kappa shape index (κ3) is 14.8. The van der Waals surface area contributed by atoms with Crippen molar-refractivity contribution in [3.8, 4) is 0 Å². The number of nitrogens with one attached hydrogen (secondary N) is 5. The van der Waals surface area contributed by atoms with Gasteiger partial charge in [0.05, 0.1) is 96.0 Å². The quantitative estimate of drug-likeness (QED) is 0.0231. The predicted molar refractivity (Wildman–Crippen MR) is 358 cm³/mol. The third-order valence-corrected chi connectivity index (χ3v) is 22.0. The third-order valence-electron chi connectivity index (χ3n) is 15.2. The first-order valence-corrected chi connectivity index (χ1v) is 38.3. The van der Waals surface area contributed by atoms with Crippen molar-refractivity contribution in [1.29, 1.82) is 0 Å². The monoisotopic (exact) mass is 1540 g/mol. The minimum absolute atomic E-state index is 0.158. The second-order valence-electron chi connectivity index (χ2n) is 21.8. The molecular weight excluding hydrogens is 1490 g/mol. The van der Waals surface area contributed by atoms with Gasteiger partial charge in [-0.1, -0.05) is 48.5 Å². The van der Waals surface area contributed by atoms with Crippen LogP contribution in [0.3, 0.4) is 0 Å². The maximum atomic E-state index is 14.2. The maximum absolute atomic E-state index is 14.2. The first-order chi connectivity index (χ1) is 47.5. The number of carbonyl (C=O) groups is 4. The molecule has 0 fully saturated rings. The summed E-state index contributed by atoms with van der Waals surface area (Å²) in [4.78, 5) is 63.8. The second-order valence-corrected chi connectivity index (χ2v) is 32.0. The Bertz CT molecular complexity index is 6020. The lowest BCUT2D eigenvalue weighted by atomic mass is 9.82. The lowest BCUT2D eigenvalue weighted by Crippen LogP contribution is -2.31. The first-order valence-electron chi connectivity index (χ1n) is 28.1. The standard InChI is InChI=1S/C57H45N13O25S7/c58-33-21-34(35(22-42(33)99(83,84)85)70-69-25-9-13-28(14-10-25)96(75,76)18-17-95-102(92,93)94)63-55-66-56(64-36-19-26(11-15-40(36)97(77,78)79)61-38-23-43(100(86,87)88)49(59)47-45(38)51(71)29-5-1-3-7-31(29)53(47)73)68-57(67-55)65-37-20-27(12-16-41(37)98(80,81)82)62-39-24-44(101(89,90)91)50(60)48-46(39)52(72)30-6-2-4-8-32(30)54(48)74/h1-16,19,21-24,37,61-62H,17-18,20,58-60H2,(H,77,78,79)(H,80,81,82)(H,83,84,85)(H,86,87,88)(H,89,90,91)(H,92,93,94)(H3,63,64,65,66,67,68)/b70-69+. The van der Waals surface area contributed by atoms with Crippen LogP contribution in [-0.4, -0.2) is 143 Å². The van der Waals surface area contributed by atoms with Crippen molar-refractivity contribution in [2.45, 2.75) is 36.9 Å². The highest BCUT2D eigenvalue weighted by atomic mass is 32.3. The Morgan fingerprint density at radius 3 is 1.41 bits per heavy atom. The summed E-state index contributed by atoms with van der Waals surface area (Å²) in [6, 6.07) is 18.5. The van der Waals surface area contributed by atoms with E-state index in [4.69, 9.17) is 21.8 Å². The molecule has 38 nitrogen and oxygen atoms in total. The van der Waals surface area contributed by atoms with Crippen molar-refractivity contribution in [2.24, 2.45) is 10.2 Å². The normalized spacial score (nSPS) is 15.0. The van der Waals surface area contributed by atoms with Crippen molar-refractivity contribution >= 4 is 169 Å². The van der Waals surface area contributed by atoms with Crippen LogP contribution in [0.2, 0.25) is 0 Å². The molecule has 1 unspecified atom stereocenters. The van der Waals surface area contributed by atoms with E-state index in [0.29, 0.717) is 18.2 Å². The fourth-order valence-electron chi connectivity index (χ4n) is 10.8. The summed E-state index contributed by atoms with van der Waals surface area (Å²) in [6.45, 7) is -0.984. The molecule has 1 heterocycles. The molecule has 3 aliphatic rings. The molecule has 102 heavy (non-hydrogen) atoms. The summed E-state index contributed by atoms with van der Waals surface area (Å²) >= 11 is 0. The Morgan fingerprint density at radius 1 is 0.461 bits per heavy atom. The lowest BCUT2D eigenvalue weighted by molar-refractivity contribution is 0.0980. The van der Waals surface area contributed by atoms with Crippen molar-refractivity contribution in [3.05, 3.63) is 183 Å². The number of ketones is 4. The zero-order chi connectivity index (χ0) is 74.3. The van der Waals surface area contributed by atoms with E-state index in [2.05, 4.69) is 55.9 Å². The number of aromatic nitrogens is 3. The van der Waals surface area contributed by atoms with Crippen LogP contribution in [0.15, 0.2) is 173 Å². The highest BCUT2D eigenvalue weighted by molar-refractivity contribution is 7.91. The molecule has 0 radical (unpaired) electrons. The molecule has 3 aliphatic carbocycles. The number of hydrogen-bond donors (Lipinski definition) is 14. The molecular formula is C57H45N13O25S7. The smallest absolute Gasteiger partial charge is 0.397 e. The fourth-order valence-corrected chi connectivity index (χ4v) is 15.5. The molecule has 0 amide bonds. The minimum atomic E-state index is -5.40. The van der Waals surface area contributed by atoms with Gasteiger partial charge in [-0.15, -0.1) is 5.11 Å². The van der Waals surface area contributed by atoms with Gasteiger partial charge in [0.15, 0.2) is 33.0 Å². The second kappa shape index (κ2) is 26.2. The van der Waals surface area contributed by atoms with Gasteiger partial charge >= 0.3 is 10.4 Å². The predicted octanol–water partition coefficient (Wildman–Crippen LogP) is 5.35. The van der Waals surface area contributed by atoms with Crippen LogP contribution < -0.4 is 43.8 Å². The van der Waals surface area contributed by atoms with Gasteiger partial charge in [0.25, 0.3) is 50.6 Å². The van der Waals surface area contributed by atoms with Crippen LogP contribution in [0.4, 0.5) is 74.7 Å². The van der Waals surface area contributed by atoms with Gasteiger partial charge in [-0.05, 0) is 78.9 Å². The number of nitrogens with zero attached hydrogens (tertiary/aromatic N) is 5. The zero-order valence-corrected chi connectivity index (χ0v) is 56.3. The molecule has 11 rings (SSSR count). The van der Waals surface area contributed by atoms with Crippen molar-refractivity contribution in [3.63, 3.8) is 0 Å². The highest BCUT2D eigenvalue weighted by Gasteiger charge is 2.40. The van der Waals surface area contributed by atoms with Gasteiger partial charge in [0.1, 0.15) is 25.3 Å². The summed E-state index contributed by atoms with van der Waals surface area (Å²) < 4.78 is 242. The summed E-state index contributed by atoms with van der Waals surface area (Å²) in [7, 11) is -35.9. The Kier molecular flexibility index (Phi) is 18.6. The van der Waals surface area contributed by atoms with E-state index in [1.54, 1.807) is 0 Å². The van der Waals surface area contributed by atoms with Gasteiger partial charge in [-0.2, -0.15) is 70.6 Å². The number of hydrogen-bond acceptors (Lipinski definition) is 32. The van der Waals surface area contributed by atoms with E-state index in [-0.39, 0.29) is 39.3 Å². The average Bonchev–Trinajstić information content (AvgIpc) is 0.734. The van der Waals surface area contributed by atoms with Crippen molar-refractivity contribution < 1.29 is 110 Å². The molecule has 45 heteroatoms. The van der Waals surface area contributed by atoms with Crippen LogP contribution >= 0.6 is 0 Å². The van der Waals surface area contributed by atoms with E-state index in [0.717, 1.165) is 60.7 Å². The molecule has 17 N–H and O–H groups in total. The van der Waals surface area contributed by atoms with Crippen LogP contribution in [0.1, 0.15) is 70.1 Å². The number of sulfone groups is 1. The topological polar surface area (TPSA) is 639 Å². The Morgan fingerprint density at radius 2 is 0.931 bits per heavy atom. The summed E-state index contributed by atoms with van der Waals surface area (Å²) in [5, 5.41) is 21.2. The molecule has 8 aromatic rings. The molecule has 0 saturated heterocycles. The molecule has 530 valence electrons. The SMILES string of the molecule is Nc1cc(Nc2nc(Nc3cc(Nc4cc(S(=O)(=O)O)c(N)c5c4C(=O)c4ccccc4C5=O)ccc3S(=O)(=O)O)nc(NC3CC(Nc4cc(S(=O)(=O)O)c(N)c5c4C(=O)c4ccccc4C5=O)=CC=C3S(=O)(=O)O)n2)c(/N=N/c2ccc(S(=O)(=O)CCOS(=O)(=O)O)cc2)cc1S(=O)(=O)O. The Hall–Kier alpha value is -10.9. The van der Waals surface area contributed by atoms with Crippen LogP contribution in [0, 0.1) is 0 Å². The fraction of sp³-hybridized carbons (Fsp3) is 0.0702. The number of carbonyl (C=O) groups excluding carboxylic acids is 4. The molecule has 7 aromatic carbocycles. The minimum Gasteiger partial charge on any atom is -0.398 e. The number of benzene rings is 7. The van der Waals surface area contributed by atoms with E-state index in [9.17, 15) is 101 Å². The average molecular weight is 1540 g/mol. The van der Waals surface area contributed by atoms with E-state index in [1.165, 1.54) is 48.5 Å². The van der Waals surface area contributed by atoms with Gasteiger partial charge in [-0.3, -0.25) is 46.5 Å². The van der Waals surface area contributed by atoms with E-state index in [1.807, 2.05) is 0 Å². The first kappa shape index (κ1) is 72.3. The van der Waals surface area contributed by atoms with Gasteiger partial charge in [-0.25, -0.2) is 12.6 Å². The molecule has 0 saturated carbocycles. The lowest BCUT2D eigenvalue weighted by Gasteiger charge is -2.27. The van der Waals surface area contributed by atoms with Crippen molar-refractivity contribution in [1.82, 2.24) is 15.0 Å². The van der Waals surface area contributed by atoms with Crippen LogP contribution in [-0.2, 0) is 75.0 Å². The number of nitrogens with two attached hydrogens (primary N) is 3. The Labute approximate surface area is 575 Å². The van der Waals surface area contributed by atoms with Crippen LogP contribution in [0.5, 0.6) is 0 Å². The van der Waals surface area contributed by atoms with E-state index < -0.39 is 234 Å². The molecule has 0 aliphatic heterocycles.